The van der Waals surface area contributed by atoms with Gasteiger partial charge in [-0.05, 0) is 48.5 Å². The van der Waals surface area contributed by atoms with E-state index in [9.17, 15) is 9.59 Å². The Labute approximate surface area is 173 Å². The topological polar surface area (TPSA) is 80.3 Å². The molecule has 29 heavy (non-hydrogen) atoms. The van der Waals surface area contributed by atoms with Gasteiger partial charge in [-0.2, -0.15) is 0 Å². The van der Waals surface area contributed by atoms with E-state index in [0.29, 0.717) is 21.8 Å². The van der Waals surface area contributed by atoms with Crippen LogP contribution >= 0.6 is 11.3 Å². The Kier molecular flexibility index (Phi) is 5.98. The molecule has 0 atom stereocenters. The van der Waals surface area contributed by atoms with Gasteiger partial charge in [0.25, 0.3) is 11.8 Å². The third kappa shape index (κ3) is 5.20. The predicted molar refractivity (Wildman–Crippen MR) is 116 cm³/mol. The van der Waals surface area contributed by atoms with Gasteiger partial charge in [-0.3, -0.25) is 9.59 Å². The third-order valence-electron chi connectivity index (χ3n) is 4.12. The molecule has 0 aliphatic rings. The number of nitrogens with zero attached hydrogens (tertiary/aromatic N) is 1. The quantitative estimate of drug-likeness (QED) is 0.625. The molecule has 0 bridgehead atoms. The monoisotopic (exact) mass is 409 g/mol. The minimum atomic E-state index is -0.231. The second-order valence-electron chi connectivity index (χ2n) is 7.49. The van der Waals surface area contributed by atoms with Gasteiger partial charge in [-0.1, -0.05) is 20.8 Å². The van der Waals surface area contributed by atoms with Gasteiger partial charge in [0, 0.05) is 22.4 Å². The standard InChI is InChI=1S/C22H23N3O3S/c1-22(2,3)21-23-13-18(29-21)20(27)25-15-7-5-14(6-8-15)19(26)24-16-9-11-17(28-4)12-10-16/h5-13H,1-4H3,(H,24,26)(H,25,27). The number of ether oxygens (including phenoxy) is 1. The molecule has 0 saturated carbocycles. The fourth-order valence-electron chi connectivity index (χ4n) is 2.50. The molecule has 0 unspecified atom stereocenters. The van der Waals surface area contributed by atoms with Crippen molar-refractivity contribution in [2.24, 2.45) is 0 Å². The molecule has 6 nitrogen and oxygen atoms in total. The zero-order valence-electron chi connectivity index (χ0n) is 16.8. The molecule has 0 fully saturated rings. The summed E-state index contributed by atoms with van der Waals surface area (Å²) in [6.45, 7) is 6.18. The van der Waals surface area contributed by atoms with Gasteiger partial charge in [0.1, 0.15) is 10.6 Å². The van der Waals surface area contributed by atoms with Crippen molar-refractivity contribution in [2.75, 3.05) is 17.7 Å². The molecule has 0 aliphatic heterocycles. The van der Waals surface area contributed by atoms with Crippen LogP contribution in [-0.2, 0) is 5.41 Å². The van der Waals surface area contributed by atoms with Crippen molar-refractivity contribution < 1.29 is 14.3 Å². The lowest BCUT2D eigenvalue weighted by atomic mass is 9.98. The van der Waals surface area contributed by atoms with Crippen LogP contribution in [0.2, 0.25) is 0 Å². The first-order valence-electron chi connectivity index (χ1n) is 9.09. The number of benzene rings is 2. The molecule has 0 radical (unpaired) electrons. The number of nitrogens with one attached hydrogen (secondary N) is 2. The first kappa shape index (κ1) is 20.5. The van der Waals surface area contributed by atoms with E-state index in [2.05, 4.69) is 36.4 Å². The molecule has 7 heteroatoms. The van der Waals surface area contributed by atoms with E-state index >= 15 is 0 Å². The number of hydrogen-bond acceptors (Lipinski definition) is 5. The Morgan fingerprint density at radius 3 is 1.97 bits per heavy atom. The van der Waals surface area contributed by atoms with Crippen LogP contribution < -0.4 is 15.4 Å². The van der Waals surface area contributed by atoms with Crippen LogP contribution in [0.3, 0.4) is 0 Å². The first-order valence-corrected chi connectivity index (χ1v) is 9.91. The maximum absolute atomic E-state index is 12.4. The number of amides is 2. The lowest BCUT2D eigenvalue weighted by Crippen LogP contribution is -2.13. The van der Waals surface area contributed by atoms with Crippen LogP contribution in [0.5, 0.6) is 5.75 Å². The highest BCUT2D eigenvalue weighted by atomic mass is 32.1. The van der Waals surface area contributed by atoms with Gasteiger partial charge in [0.15, 0.2) is 0 Å². The highest BCUT2D eigenvalue weighted by Gasteiger charge is 2.20. The van der Waals surface area contributed by atoms with Crippen molar-refractivity contribution in [1.29, 1.82) is 0 Å². The number of thiazole rings is 1. The number of methoxy groups -OCH3 is 1. The largest absolute Gasteiger partial charge is 0.497 e. The molecule has 0 aliphatic carbocycles. The molecular weight excluding hydrogens is 386 g/mol. The molecule has 0 saturated heterocycles. The zero-order valence-corrected chi connectivity index (χ0v) is 17.6. The van der Waals surface area contributed by atoms with Crippen molar-refractivity contribution >= 4 is 34.5 Å². The summed E-state index contributed by atoms with van der Waals surface area (Å²) in [6, 6.07) is 13.8. The van der Waals surface area contributed by atoms with Crippen LogP contribution in [0.1, 0.15) is 45.8 Å². The summed E-state index contributed by atoms with van der Waals surface area (Å²) in [5.41, 5.74) is 1.68. The van der Waals surface area contributed by atoms with E-state index in [1.165, 1.54) is 11.3 Å². The van der Waals surface area contributed by atoms with Crippen molar-refractivity contribution in [3.63, 3.8) is 0 Å². The number of aromatic nitrogens is 1. The second kappa shape index (κ2) is 8.45. The van der Waals surface area contributed by atoms with Crippen molar-refractivity contribution in [3.05, 3.63) is 70.2 Å². The Morgan fingerprint density at radius 1 is 0.897 bits per heavy atom. The van der Waals surface area contributed by atoms with E-state index in [1.54, 1.807) is 61.8 Å². The number of rotatable bonds is 5. The predicted octanol–water partition coefficient (Wildman–Crippen LogP) is 4.95. The first-order chi connectivity index (χ1) is 13.8. The van der Waals surface area contributed by atoms with Crippen LogP contribution in [0.15, 0.2) is 54.7 Å². The van der Waals surface area contributed by atoms with Gasteiger partial charge >= 0.3 is 0 Å². The Hall–Kier alpha value is -3.19. The van der Waals surface area contributed by atoms with Crippen molar-refractivity contribution in [3.8, 4) is 5.75 Å². The van der Waals surface area contributed by atoms with Gasteiger partial charge in [0.2, 0.25) is 0 Å². The number of carbonyl (C=O) groups is 2. The summed E-state index contributed by atoms with van der Waals surface area (Å²) in [4.78, 5) is 29.7. The molecule has 3 aromatic rings. The molecule has 2 aromatic carbocycles. The fourth-order valence-corrected chi connectivity index (χ4v) is 3.37. The molecule has 0 spiro atoms. The van der Waals surface area contributed by atoms with E-state index in [4.69, 9.17) is 4.74 Å². The Morgan fingerprint density at radius 2 is 1.45 bits per heavy atom. The number of anilines is 2. The van der Waals surface area contributed by atoms with Gasteiger partial charge in [-0.15, -0.1) is 11.3 Å². The molecule has 2 amide bonds. The van der Waals surface area contributed by atoms with Crippen molar-refractivity contribution in [2.45, 2.75) is 26.2 Å². The van der Waals surface area contributed by atoms with E-state index in [-0.39, 0.29) is 17.2 Å². The van der Waals surface area contributed by atoms with Gasteiger partial charge in [0.05, 0.1) is 18.3 Å². The SMILES string of the molecule is COc1ccc(NC(=O)c2ccc(NC(=O)c3cnc(C(C)(C)C)s3)cc2)cc1. The average Bonchev–Trinajstić information content (AvgIpc) is 3.20. The minimum Gasteiger partial charge on any atom is -0.497 e. The Bertz CT molecular complexity index is 1000. The smallest absolute Gasteiger partial charge is 0.267 e. The summed E-state index contributed by atoms with van der Waals surface area (Å²) in [5.74, 6) is 0.275. The van der Waals surface area contributed by atoms with Gasteiger partial charge in [-0.25, -0.2) is 4.98 Å². The summed E-state index contributed by atoms with van der Waals surface area (Å²) >= 11 is 1.38. The summed E-state index contributed by atoms with van der Waals surface area (Å²) < 4.78 is 5.10. The van der Waals surface area contributed by atoms with E-state index in [1.807, 2.05) is 0 Å². The molecule has 2 N–H and O–H groups in total. The highest BCUT2D eigenvalue weighted by Crippen LogP contribution is 2.27. The molecule has 3 rings (SSSR count). The Balaban J connectivity index is 1.62. The summed E-state index contributed by atoms with van der Waals surface area (Å²) in [7, 11) is 1.59. The molecule has 150 valence electrons. The van der Waals surface area contributed by atoms with E-state index in [0.717, 1.165) is 10.8 Å². The van der Waals surface area contributed by atoms with Crippen LogP contribution in [-0.4, -0.2) is 23.9 Å². The number of carbonyl (C=O) groups excluding carboxylic acids is 2. The molecule has 1 heterocycles. The average molecular weight is 410 g/mol. The van der Waals surface area contributed by atoms with Crippen molar-refractivity contribution in [1.82, 2.24) is 4.98 Å². The summed E-state index contributed by atoms with van der Waals surface area (Å²) in [6.07, 6.45) is 1.59. The normalized spacial score (nSPS) is 11.0. The van der Waals surface area contributed by atoms with Crippen LogP contribution in [0.25, 0.3) is 0 Å². The maximum atomic E-state index is 12.4. The van der Waals surface area contributed by atoms with E-state index < -0.39 is 0 Å². The molecular formula is C22H23N3O3S. The zero-order chi connectivity index (χ0) is 21.0. The molecule has 1 aromatic heterocycles. The number of hydrogen-bond donors (Lipinski definition) is 2. The third-order valence-corrected chi connectivity index (χ3v) is 5.55. The maximum Gasteiger partial charge on any atom is 0.267 e. The summed E-state index contributed by atoms with van der Waals surface area (Å²) in [5, 5.41) is 6.57. The van der Waals surface area contributed by atoms with Gasteiger partial charge < -0.3 is 15.4 Å². The fraction of sp³-hybridized carbons (Fsp3) is 0.227. The second-order valence-corrected chi connectivity index (χ2v) is 8.52. The minimum absolute atomic E-state index is 0.0951. The van der Waals surface area contributed by atoms with Crippen LogP contribution in [0, 0.1) is 0 Å². The lowest BCUT2D eigenvalue weighted by Gasteiger charge is -2.13. The van der Waals surface area contributed by atoms with Crippen LogP contribution in [0.4, 0.5) is 11.4 Å². The highest BCUT2D eigenvalue weighted by molar-refractivity contribution is 7.13. The lowest BCUT2D eigenvalue weighted by molar-refractivity contribution is 0.102.